The Morgan fingerprint density at radius 3 is 1.27 bits per heavy atom. The lowest BCUT2D eigenvalue weighted by Gasteiger charge is -2.39. The highest BCUT2D eigenvalue weighted by molar-refractivity contribution is 5.17. The lowest BCUT2D eigenvalue weighted by Crippen LogP contribution is -2.46. The molecule has 0 spiro atoms. The van der Waals surface area contributed by atoms with Gasteiger partial charge in [-0.1, -0.05) is 149 Å². The van der Waals surface area contributed by atoms with Gasteiger partial charge >= 0.3 is 0 Å². The summed E-state index contributed by atoms with van der Waals surface area (Å²) in [4.78, 5) is 0. The van der Waals surface area contributed by atoms with Crippen molar-refractivity contribution in [2.75, 3.05) is 6.54 Å². The Balaban J connectivity index is 1.56. The third-order valence-corrected chi connectivity index (χ3v) is 7.48. The van der Waals surface area contributed by atoms with E-state index in [-0.39, 0.29) is 0 Å². The summed E-state index contributed by atoms with van der Waals surface area (Å²) in [5.41, 5.74) is 4.30. The van der Waals surface area contributed by atoms with Crippen molar-refractivity contribution in [1.82, 2.24) is 0 Å². The average Bonchev–Trinajstić information content (AvgIpc) is 2.93. The van der Waals surface area contributed by atoms with Crippen molar-refractivity contribution in [2.24, 2.45) is 0 Å². The van der Waals surface area contributed by atoms with Crippen LogP contribution in [0.3, 0.4) is 0 Å². The molecule has 198 valence electrons. The van der Waals surface area contributed by atoms with Gasteiger partial charge in [0.1, 0.15) is 19.6 Å². The first-order chi connectivity index (χ1) is 18.3. The quantitative estimate of drug-likeness (QED) is 0.0879. The van der Waals surface area contributed by atoms with Crippen molar-refractivity contribution >= 4 is 0 Å². The normalized spacial score (nSPS) is 11.8. The predicted octanol–water partition coefficient (Wildman–Crippen LogP) is 10.3. The summed E-state index contributed by atoms with van der Waals surface area (Å²) < 4.78 is 1.07. The van der Waals surface area contributed by atoms with Crippen LogP contribution in [0, 0.1) is 0 Å². The molecule has 0 aromatic heterocycles. The Labute approximate surface area is 227 Å². The van der Waals surface area contributed by atoms with Gasteiger partial charge in [0.15, 0.2) is 0 Å². The summed E-state index contributed by atoms with van der Waals surface area (Å²) in [6.45, 7) is 6.69. The Bertz CT molecular complexity index is 860. The van der Waals surface area contributed by atoms with Crippen molar-refractivity contribution in [3.05, 3.63) is 120 Å². The fraction of sp³-hybridized carbons (Fsp3) is 0.444. The highest BCUT2D eigenvalue weighted by Crippen LogP contribution is 2.25. The predicted molar refractivity (Wildman–Crippen MR) is 161 cm³/mol. The molecular formula is C36H50N+. The summed E-state index contributed by atoms with van der Waals surface area (Å²) >= 11 is 0. The third-order valence-electron chi connectivity index (χ3n) is 7.48. The summed E-state index contributed by atoms with van der Waals surface area (Å²) in [6.07, 6.45) is 19.6. The fourth-order valence-corrected chi connectivity index (χ4v) is 5.48. The highest BCUT2D eigenvalue weighted by Gasteiger charge is 2.28. The first-order valence-corrected chi connectivity index (χ1v) is 14.9. The molecule has 0 amide bonds. The van der Waals surface area contributed by atoms with Crippen LogP contribution in [-0.2, 0) is 19.6 Å². The zero-order valence-electron chi connectivity index (χ0n) is 23.4. The van der Waals surface area contributed by atoms with Crippen LogP contribution in [0.15, 0.2) is 103 Å². The standard InChI is InChI=1S/C36H50N/c1-2-3-4-5-6-7-8-9-10-11-12-13-23-30-37(31-34-24-17-14-18-25-34,32-35-26-19-15-20-27-35)33-36-28-21-16-22-29-36/h10-11,14-22,24-29H,2-9,12-13,23,30-33H2,1H3/q+1/b11-10+. The Morgan fingerprint density at radius 1 is 0.459 bits per heavy atom. The maximum absolute atomic E-state index is 2.44. The molecule has 0 N–H and O–H groups in total. The molecular weight excluding hydrogens is 446 g/mol. The van der Waals surface area contributed by atoms with Crippen LogP contribution in [0.2, 0.25) is 0 Å². The number of unbranched alkanes of at least 4 members (excludes halogenated alkanes) is 9. The minimum Gasteiger partial charge on any atom is -0.312 e. The molecule has 0 saturated heterocycles. The van der Waals surface area contributed by atoms with E-state index in [2.05, 4.69) is 110 Å². The molecule has 3 aromatic carbocycles. The van der Waals surface area contributed by atoms with Gasteiger partial charge in [0, 0.05) is 16.7 Å². The second kappa shape index (κ2) is 17.8. The molecule has 0 unspecified atom stereocenters. The molecule has 0 aliphatic carbocycles. The Hall–Kier alpha value is -2.64. The number of rotatable bonds is 19. The van der Waals surface area contributed by atoms with Crippen molar-refractivity contribution in [2.45, 2.75) is 97.2 Å². The second-order valence-corrected chi connectivity index (χ2v) is 10.9. The molecule has 0 fully saturated rings. The van der Waals surface area contributed by atoms with E-state index >= 15 is 0 Å². The van der Waals surface area contributed by atoms with Crippen LogP contribution in [0.5, 0.6) is 0 Å². The van der Waals surface area contributed by atoms with Crippen LogP contribution < -0.4 is 0 Å². The average molecular weight is 497 g/mol. The molecule has 1 heteroatoms. The maximum atomic E-state index is 2.44. The van der Waals surface area contributed by atoms with Crippen molar-refractivity contribution in [1.29, 1.82) is 0 Å². The SMILES string of the molecule is CCCCCCCCC/C=C/CCCC[N+](Cc1ccccc1)(Cc1ccccc1)Cc1ccccc1. The van der Waals surface area contributed by atoms with Gasteiger partial charge in [0.05, 0.1) is 6.54 Å². The molecule has 3 rings (SSSR count). The number of allylic oxidation sites excluding steroid dienone is 2. The van der Waals surface area contributed by atoms with E-state index in [0.29, 0.717) is 0 Å². The molecule has 0 heterocycles. The largest absolute Gasteiger partial charge is 0.312 e. The zero-order chi connectivity index (χ0) is 25.9. The smallest absolute Gasteiger partial charge is 0.105 e. The number of benzene rings is 3. The summed E-state index contributed by atoms with van der Waals surface area (Å²) in [5.74, 6) is 0. The van der Waals surface area contributed by atoms with Gasteiger partial charge in [0.2, 0.25) is 0 Å². The molecule has 1 nitrogen and oxygen atoms in total. The van der Waals surface area contributed by atoms with Gasteiger partial charge in [-0.25, -0.2) is 0 Å². The lowest BCUT2D eigenvalue weighted by atomic mass is 10.1. The number of hydrogen-bond donors (Lipinski definition) is 0. The molecule has 0 bridgehead atoms. The van der Waals surface area contributed by atoms with Crippen molar-refractivity contribution < 1.29 is 4.48 Å². The third kappa shape index (κ3) is 12.0. The summed E-state index contributed by atoms with van der Waals surface area (Å²) in [6, 6.07) is 33.3. The molecule has 0 aliphatic heterocycles. The van der Waals surface area contributed by atoms with Gasteiger partial charge in [-0.3, -0.25) is 0 Å². The van der Waals surface area contributed by atoms with Crippen LogP contribution >= 0.6 is 0 Å². The van der Waals surface area contributed by atoms with E-state index < -0.39 is 0 Å². The molecule has 0 radical (unpaired) electrons. The van der Waals surface area contributed by atoms with Crippen LogP contribution in [0.1, 0.15) is 94.2 Å². The molecule has 0 aliphatic rings. The second-order valence-electron chi connectivity index (χ2n) is 10.9. The summed E-state index contributed by atoms with van der Waals surface area (Å²) in [5, 5.41) is 0. The number of nitrogens with zero attached hydrogens (tertiary/aromatic N) is 1. The van der Waals surface area contributed by atoms with Gasteiger partial charge in [-0.2, -0.15) is 0 Å². The van der Waals surface area contributed by atoms with E-state index in [1.54, 1.807) is 0 Å². The van der Waals surface area contributed by atoms with E-state index in [0.717, 1.165) is 24.1 Å². The van der Waals surface area contributed by atoms with Gasteiger partial charge in [-0.15, -0.1) is 0 Å². The fourth-order valence-electron chi connectivity index (χ4n) is 5.48. The molecule has 0 saturated carbocycles. The number of quaternary nitrogens is 1. The first kappa shape index (κ1) is 28.9. The van der Waals surface area contributed by atoms with E-state index in [1.807, 2.05) is 0 Å². The number of hydrogen-bond acceptors (Lipinski definition) is 0. The molecule has 0 atom stereocenters. The Kier molecular flexibility index (Phi) is 13.9. The zero-order valence-corrected chi connectivity index (χ0v) is 23.4. The van der Waals surface area contributed by atoms with Crippen molar-refractivity contribution in [3.8, 4) is 0 Å². The van der Waals surface area contributed by atoms with Gasteiger partial charge < -0.3 is 4.48 Å². The Morgan fingerprint density at radius 2 is 0.838 bits per heavy atom. The van der Waals surface area contributed by atoms with E-state index in [4.69, 9.17) is 0 Å². The minimum absolute atomic E-state index is 1.07. The topological polar surface area (TPSA) is 0 Å². The van der Waals surface area contributed by atoms with E-state index in [9.17, 15) is 0 Å². The van der Waals surface area contributed by atoms with Gasteiger partial charge in [-0.05, 0) is 32.1 Å². The monoisotopic (exact) mass is 496 g/mol. The van der Waals surface area contributed by atoms with Gasteiger partial charge in [0.25, 0.3) is 0 Å². The molecule has 37 heavy (non-hydrogen) atoms. The van der Waals surface area contributed by atoms with Crippen LogP contribution in [0.25, 0.3) is 0 Å². The first-order valence-electron chi connectivity index (χ1n) is 14.9. The van der Waals surface area contributed by atoms with Crippen LogP contribution in [-0.4, -0.2) is 11.0 Å². The maximum Gasteiger partial charge on any atom is 0.105 e. The minimum atomic E-state index is 1.07. The van der Waals surface area contributed by atoms with Crippen molar-refractivity contribution in [3.63, 3.8) is 0 Å². The molecule has 3 aromatic rings. The van der Waals surface area contributed by atoms with E-state index in [1.165, 1.54) is 93.9 Å². The summed E-state index contributed by atoms with van der Waals surface area (Å²) in [7, 11) is 0. The highest BCUT2D eigenvalue weighted by atomic mass is 15.3. The lowest BCUT2D eigenvalue weighted by molar-refractivity contribution is -0.966. The van der Waals surface area contributed by atoms with Crippen LogP contribution in [0.4, 0.5) is 0 Å².